The highest BCUT2D eigenvalue weighted by atomic mass is 79.9. The zero-order valence-corrected chi connectivity index (χ0v) is 21.6. The van der Waals surface area contributed by atoms with Crippen molar-refractivity contribution in [3.8, 4) is 0 Å². The number of nitrogens with one attached hydrogen (secondary N) is 1. The van der Waals surface area contributed by atoms with Gasteiger partial charge in [0.05, 0.1) is 15.8 Å². The van der Waals surface area contributed by atoms with Crippen molar-refractivity contribution in [3.05, 3.63) is 117 Å². The fourth-order valence-electron chi connectivity index (χ4n) is 3.90. The third-order valence-electron chi connectivity index (χ3n) is 5.60. The van der Waals surface area contributed by atoms with E-state index >= 15 is 0 Å². The number of fused-ring (bicyclic) bond motifs is 1. The van der Waals surface area contributed by atoms with Crippen LogP contribution in [-0.2, 0) is 4.79 Å². The van der Waals surface area contributed by atoms with E-state index in [2.05, 4.69) is 26.2 Å². The summed E-state index contributed by atoms with van der Waals surface area (Å²) in [6.07, 6.45) is 1.88. The summed E-state index contributed by atoms with van der Waals surface area (Å²) < 4.78 is 3.22. The van der Waals surface area contributed by atoms with E-state index in [1.54, 1.807) is 4.57 Å². The van der Waals surface area contributed by atoms with E-state index in [1.807, 2.05) is 86.0 Å². The van der Waals surface area contributed by atoms with Crippen molar-refractivity contribution in [2.24, 2.45) is 4.99 Å². The molecule has 1 amide bonds. The van der Waals surface area contributed by atoms with Gasteiger partial charge >= 0.3 is 0 Å². The summed E-state index contributed by atoms with van der Waals surface area (Å²) in [5.41, 5.74) is 3.67. The van der Waals surface area contributed by atoms with Crippen molar-refractivity contribution in [3.63, 3.8) is 0 Å². The van der Waals surface area contributed by atoms with E-state index in [-0.39, 0.29) is 11.5 Å². The molecular weight excluding hydrogens is 530 g/mol. The van der Waals surface area contributed by atoms with Gasteiger partial charge < -0.3 is 5.32 Å². The summed E-state index contributed by atoms with van der Waals surface area (Å²) >= 11 is 6.42. The minimum atomic E-state index is -0.535. The molecule has 1 atom stereocenters. The molecule has 5 nitrogen and oxygen atoms in total. The Labute approximate surface area is 212 Å². The highest BCUT2D eigenvalue weighted by Gasteiger charge is 2.33. The number of aryl methyl sites for hydroxylation is 1. The molecular formula is C26H20BrN3O2S2. The fourth-order valence-corrected chi connectivity index (χ4v) is 6.16. The van der Waals surface area contributed by atoms with Crippen molar-refractivity contribution in [1.82, 2.24) is 4.57 Å². The van der Waals surface area contributed by atoms with Crippen LogP contribution in [-0.4, -0.2) is 10.5 Å². The molecule has 1 unspecified atom stereocenters. The number of para-hydroxylation sites is 1. The monoisotopic (exact) mass is 549 g/mol. The van der Waals surface area contributed by atoms with E-state index in [4.69, 9.17) is 0 Å². The van der Waals surface area contributed by atoms with Crippen molar-refractivity contribution < 1.29 is 4.79 Å². The van der Waals surface area contributed by atoms with Crippen LogP contribution in [0.2, 0.25) is 0 Å². The van der Waals surface area contributed by atoms with Gasteiger partial charge in [-0.3, -0.25) is 14.2 Å². The fraction of sp³-hybridized carbons (Fsp3) is 0.115. The third kappa shape index (κ3) is 4.24. The lowest BCUT2D eigenvalue weighted by molar-refractivity contribution is -0.113. The third-order valence-corrected chi connectivity index (χ3v) is 8.37. The lowest BCUT2D eigenvalue weighted by Gasteiger charge is -2.24. The Hall–Kier alpha value is -3.07. The molecule has 4 aromatic rings. The number of amides is 1. The number of carbonyl (C=O) groups excluding carboxylic acids is 1. The van der Waals surface area contributed by atoms with Crippen molar-refractivity contribution in [2.45, 2.75) is 19.9 Å². The maximum absolute atomic E-state index is 13.6. The molecule has 0 radical (unpaired) electrons. The van der Waals surface area contributed by atoms with Crippen LogP contribution in [0.5, 0.6) is 0 Å². The summed E-state index contributed by atoms with van der Waals surface area (Å²) in [6, 6.07) is 18.6. The predicted octanol–water partition coefficient (Wildman–Crippen LogP) is 5.01. The molecule has 0 fully saturated rings. The number of hydrogen-bond acceptors (Lipinski definition) is 5. The Balaban J connectivity index is 1.65. The van der Waals surface area contributed by atoms with Crippen molar-refractivity contribution in [1.29, 1.82) is 0 Å². The summed E-state index contributed by atoms with van der Waals surface area (Å²) in [7, 11) is 0. The molecule has 1 aliphatic rings. The van der Waals surface area contributed by atoms with Crippen LogP contribution in [0.4, 0.5) is 5.69 Å². The number of allylic oxidation sites excluding steroid dienone is 1. The first-order chi connectivity index (χ1) is 16.4. The van der Waals surface area contributed by atoms with Gasteiger partial charge in [0.15, 0.2) is 4.80 Å². The standard InChI is InChI=1S/C26H20BrN3O2S2/c1-15-10-11-17(13-19(15)27)14-21-25(32)30-23(20-9-6-12-33-20)22(16(2)28-26(30)34-21)24(31)29-18-7-4-3-5-8-18/h3-14,23H,1-2H3,(H,29,31)/b21-14-. The van der Waals surface area contributed by atoms with E-state index in [0.29, 0.717) is 26.3 Å². The van der Waals surface area contributed by atoms with Gasteiger partial charge in [-0.2, -0.15) is 0 Å². The number of thiophene rings is 1. The van der Waals surface area contributed by atoms with Crippen LogP contribution in [0.25, 0.3) is 6.08 Å². The van der Waals surface area contributed by atoms with E-state index in [0.717, 1.165) is 20.5 Å². The van der Waals surface area contributed by atoms with Gasteiger partial charge in [0.1, 0.15) is 6.04 Å². The Kier molecular flexibility index (Phi) is 6.20. The molecule has 2 aromatic carbocycles. The summed E-state index contributed by atoms with van der Waals surface area (Å²) in [6.45, 7) is 3.85. The molecule has 2 aromatic heterocycles. The minimum absolute atomic E-state index is 0.156. The van der Waals surface area contributed by atoms with Crippen LogP contribution < -0.4 is 20.2 Å². The second-order valence-corrected chi connectivity index (χ2v) is 10.8. The molecule has 1 aliphatic heterocycles. The molecule has 0 saturated heterocycles. The van der Waals surface area contributed by atoms with Crippen molar-refractivity contribution in [2.75, 3.05) is 5.32 Å². The molecule has 170 valence electrons. The Bertz CT molecular complexity index is 1600. The molecule has 8 heteroatoms. The SMILES string of the molecule is CC1=C(C(=O)Nc2ccccc2)C(c2cccs2)n2c(s/c(=C\c3ccc(C)c(Br)c3)c2=O)=N1. The molecule has 0 aliphatic carbocycles. The number of carbonyl (C=O) groups is 1. The molecule has 0 saturated carbocycles. The number of rotatable bonds is 4. The zero-order valence-electron chi connectivity index (χ0n) is 18.4. The molecule has 5 rings (SSSR count). The average Bonchev–Trinajstić information content (AvgIpc) is 3.45. The highest BCUT2D eigenvalue weighted by Crippen LogP contribution is 2.33. The zero-order chi connectivity index (χ0) is 23.8. The number of anilines is 1. The lowest BCUT2D eigenvalue weighted by atomic mass is 10.0. The van der Waals surface area contributed by atoms with Crippen LogP contribution in [0.15, 0.2) is 91.6 Å². The average molecular weight is 551 g/mol. The molecule has 34 heavy (non-hydrogen) atoms. The first kappa shape index (κ1) is 22.7. The molecule has 0 spiro atoms. The number of nitrogens with zero attached hydrogens (tertiary/aromatic N) is 2. The molecule has 3 heterocycles. The maximum Gasteiger partial charge on any atom is 0.271 e. The summed E-state index contributed by atoms with van der Waals surface area (Å²) in [4.78, 5) is 33.2. The topological polar surface area (TPSA) is 63.5 Å². The first-order valence-corrected chi connectivity index (χ1v) is 13.1. The van der Waals surface area contributed by atoms with Gasteiger partial charge in [-0.15, -0.1) is 11.3 Å². The lowest BCUT2D eigenvalue weighted by Crippen LogP contribution is -2.40. The van der Waals surface area contributed by atoms with E-state index < -0.39 is 6.04 Å². The van der Waals surface area contributed by atoms with Crippen LogP contribution in [0.1, 0.15) is 29.0 Å². The van der Waals surface area contributed by atoms with Crippen LogP contribution in [0.3, 0.4) is 0 Å². The minimum Gasteiger partial charge on any atom is -0.322 e. The van der Waals surface area contributed by atoms with Gasteiger partial charge in [-0.1, -0.05) is 63.7 Å². The molecule has 1 N–H and O–H groups in total. The second-order valence-electron chi connectivity index (χ2n) is 7.93. The largest absolute Gasteiger partial charge is 0.322 e. The Morgan fingerprint density at radius 3 is 2.62 bits per heavy atom. The normalized spacial score (nSPS) is 15.7. The van der Waals surface area contributed by atoms with Crippen LogP contribution >= 0.6 is 38.6 Å². The van der Waals surface area contributed by atoms with Gasteiger partial charge in [0.25, 0.3) is 11.5 Å². The number of aromatic nitrogens is 1. The van der Waals surface area contributed by atoms with Crippen molar-refractivity contribution >= 4 is 56.3 Å². The quantitative estimate of drug-likeness (QED) is 0.389. The number of halogens is 1. The van der Waals surface area contributed by atoms with E-state index in [1.165, 1.54) is 22.7 Å². The van der Waals surface area contributed by atoms with Gasteiger partial charge in [0.2, 0.25) is 0 Å². The van der Waals surface area contributed by atoms with Gasteiger partial charge in [-0.05, 0) is 60.7 Å². The smallest absolute Gasteiger partial charge is 0.271 e. The molecule has 0 bridgehead atoms. The number of hydrogen-bond donors (Lipinski definition) is 1. The number of benzene rings is 2. The number of thiazole rings is 1. The van der Waals surface area contributed by atoms with Gasteiger partial charge in [-0.25, -0.2) is 4.99 Å². The summed E-state index contributed by atoms with van der Waals surface area (Å²) in [5, 5.41) is 4.92. The Morgan fingerprint density at radius 2 is 1.91 bits per heavy atom. The maximum atomic E-state index is 13.6. The Morgan fingerprint density at radius 1 is 1.12 bits per heavy atom. The highest BCUT2D eigenvalue weighted by molar-refractivity contribution is 9.10. The van der Waals surface area contributed by atoms with E-state index in [9.17, 15) is 9.59 Å². The predicted molar refractivity (Wildman–Crippen MR) is 142 cm³/mol. The summed E-state index contributed by atoms with van der Waals surface area (Å²) in [5.74, 6) is -0.261. The van der Waals surface area contributed by atoms with Crippen LogP contribution in [0, 0.1) is 6.92 Å². The van der Waals surface area contributed by atoms with Gasteiger partial charge in [0, 0.05) is 15.0 Å². The second kappa shape index (κ2) is 9.29. The first-order valence-electron chi connectivity index (χ1n) is 10.6.